The van der Waals surface area contributed by atoms with Crippen molar-refractivity contribution in [3.63, 3.8) is 0 Å². The first-order valence-corrected chi connectivity index (χ1v) is 7.49. The SMILES string of the molecule is COc1ccc(Cc2nc(C(C)(C)C)c(C(=O)O)s2)cc1. The molecule has 0 spiro atoms. The maximum absolute atomic E-state index is 11.4. The topological polar surface area (TPSA) is 59.4 Å². The van der Waals surface area contributed by atoms with Crippen molar-refractivity contribution in [3.05, 3.63) is 45.4 Å². The van der Waals surface area contributed by atoms with Crippen LogP contribution in [0.3, 0.4) is 0 Å². The van der Waals surface area contributed by atoms with Crippen molar-refractivity contribution >= 4 is 17.3 Å². The Bertz CT molecular complexity index is 639. The molecule has 0 aliphatic carbocycles. The fourth-order valence-electron chi connectivity index (χ4n) is 2.01. The number of rotatable bonds is 4. The quantitative estimate of drug-likeness (QED) is 0.935. The van der Waals surface area contributed by atoms with E-state index < -0.39 is 5.97 Å². The van der Waals surface area contributed by atoms with Crippen molar-refractivity contribution in [3.8, 4) is 5.75 Å². The van der Waals surface area contributed by atoms with Crippen LogP contribution in [0.25, 0.3) is 0 Å². The van der Waals surface area contributed by atoms with Gasteiger partial charge < -0.3 is 9.84 Å². The Morgan fingerprint density at radius 2 is 1.90 bits per heavy atom. The molecule has 1 N–H and O–H groups in total. The normalized spacial score (nSPS) is 11.4. The molecule has 5 heteroatoms. The zero-order valence-corrected chi connectivity index (χ0v) is 13.5. The minimum absolute atomic E-state index is 0.275. The predicted octanol–water partition coefficient (Wildman–Crippen LogP) is 3.74. The molecular weight excluding hydrogens is 286 g/mol. The number of hydrogen-bond donors (Lipinski definition) is 1. The highest BCUT2D eigenvalue weighted by molar-refractivity contribution is 7.13. The first-order valence-electron chi connectivity index (χ1n) is 6.67. The number of methoxy groups -OCH3 is 1. The van der Waals surface area contributed by atoms with Crippen LogP contribution >= 0.6 is 11.3 Å². The molecule has 0 aliphatic heterocycles. The van der Waals surface area contributed by atoms with Crippen molar-refractivity contribution in [2.45, 2.75) is 32.6 Å². The molecule has 0 unspecified atom stereocenters. The van der Waals surface area contributed by atoms with Gasteiger partial charge in [-0.1, -0.05) is 32.9 Å². The van der Waals surface area contributed by atoms with Gasteiger partial charge in [-0.15, -0.1) is 11.3 Å². The fourth-order valence-corrected chi connectivity index (χ4v) is 3.16. The molecule has 0 atom stereocenters. The monoisotopic (exact) mass is 305 g/mol. The van der Waals surface area contributed by atoms with Crippen LogP contribution in [0, 0.1) is 0 Å². The number of thiazole rings is 1. The Hall–Kier alpha value is -1.88. The molecule has 21 heavy (non-hydrogen) atoms. The third-order valence-corrected chi connectivity index (χ3v) is 4.13. The van der Waals surface area contributed by atoms with Gasteiger partial charge in [-0.05, 0) is 17.7 Å². The van der Waals surface area contributed by atoms with Gasteiger partial charge in [-0.25, -0.2) is 9.78 Å². The Labute approximate surface area is 128 Å². The van der Waals surface area contributed by atoms with Crippen LogP contribution in [0.2, 0.25) is 0 Å². The number of carbonyl (C=O) groups is 1. The second kappa shape index (κ2) is 5.85. The van der Waals surface area contributed by atoms with Gasteiger partial charge in [-0.2, -0.15) is 0 Å². The van der Waals surface area contributed by atoms with E-state index >= 15 is 0 Å². The largest absolute Gasteiger partial charge is 0.497 e. The van der Waals surface area contributed by atoms with E-state index in [1.165, 1.54) is 11.3 Å². The first-order chi connectivity index (χ1) is 9.81. The van der Waals surface area contributed by atoms with Gasteiger partial charge in [-0.3, -0.25) is 0 Å². The summed E-state index contributed by atoms with van der Waals surface area (Å²) in [4.78, 5) is 16.3. The van der Waals surface area contributed by atoms with E-state index in [2.05, 4.69) is 4.98 Å². The summed E-state index contributed by atoms with van der Waals surface area (Å²) in [5.74, 6) is -0.0992. The average molecular weight is 305 g/mol. The second-order valence-electron chi connectivity index (χ2n) is 5.87. The molecule has 0 radical (unpaired) electrons. The molecule has 2 aromatic rings. The minimum atomic E-state index is -0.904. The average Bonchev–Trinajstić information content (AvgIpc) is 2.84. The number of hydrogen-bond acceptors (Lipinski definition) is 4. The van der Waals surface area contributed by atoms with Crippen LogP contribution in [-0.4, -0.2) is 23.2 Å². The third-order valence-electron chi connectivity index (χ3n) is 3.09. The Kier molecular flexibility index (Phi) is 4.32. The van der Waals surface area contributed by atoms with Gasteiger partial charge >= 0.3 is 5.97 Å². The minimum Gasteiger partial charge on any atom is -0.497 e. The summed E-state index contributed by atoms with van der Waals surface area (Å²) in [5, 5.41) is 10.2. The summed E-state index contributed by atoms with van der Waals surface area (Å²) in [6.07, 6.45) is 0.630. The van der Waals surface area contributed by atoms with Crippen molar-refractivity contribution in [1.29, 1.82) is 0 Å². The lowest BCUT2D eigenvalue weighted by molar-refractivity contribution is 0.0699. The summed E-state index contributed by atoms with van der Waals surface area (Å²) in [6, 6.07) is 7.73. The molecule has 0 bridgehead atoms. The van der Waals surface area contributed by atoms with Crippen molar-refractivity contribution in [1.82, 2.24) is 4.98 Å². The van der Waals surface area contributed by atoms with E-state index in [0.29, 0.717) is 17.0 Å². The summed E-state index contributed by atoms with van der Waals surface area (Å²) in [7, 11) is 1.63. The molecule has 0 saturated carbocycles. The van der Waals surface area contributed by atoms with Gasteiger partial charge in [0.1, 0.15) is 10.6 Å². The van der Waals surface area contributed by atoms with E-state index in [1.807, 2.05) is 45.0 Å². The molecule has 0 saturated heterocycles. The van der Waals surface area contributed by atoms with Crippen molar-refractivity contribution in [2.24, 2.45) is 0 Å². The highest BCUT2D eigenvalue weighted by atomic mass is 32.1. The maximum Gasteiger partial charge on any atom is 0.347 e. The number of carboxylic acid groups (broad SMARTS) is 1. The zero-order valence-electron chi connectivity index (χ0n) is 12.6. The van der Waals surface area contributed by atoms with Gasteiger partial charge in [0, 0.05) is 11.8 Å². The number of aromatic carboxylic acids is 1. The number of carboxylic acids is 1. The van der Waals surface area contributed by atoms with Crippen LogP contribution in [0.1, 0.15) is 46.7 Å². The molecule has 0 amide bonds. The standard InChI is InChI=1S/C16H19NO3S/c1-16(2,3)14-13(15(18)19)21-12(17-14)9-10-5-7-11(20-4)8-6-10/h5-8H,9H2,1-4H3,(H,18,19). The fraction of sp³-hybridized carbons (Fsp3) is 0.375. The van der Waals surface area contributed by atoms with E-state index in [-0.39, 0.29) is 5.41 Å². The molecule has 1 heterocycles. The highest BCUT2D eigenvalue weighted by Gasteiger charge is 2.26. The Morgan fingerprint density at radius 3 is 2.33 bits per heavy atom. The van der Waals surface area contributed by atoms with Crippen LogP contribution in [0.4, 0.5) is 0 Å². The molecule has 1 aromatic heterocycles. The van der Waals surface area contributed by atoms with Gasteiger partial charge in [0.25, 0.3) is 0 Å². The molecule has 112 valence electrons. The summed E-state index contributed by atoms with van der Waals surface area (Å²) < 4.78 is 5.13. The van der Waals surface area contributed by atoms with Gasteiger partial charge in [0.05, 0.1) is 17.8 Å². The van der Waals surface area contributed by atoms with Crippen LogP contribution in [-0.2, 0) is 11.8 Å². The summed E-state index contributed by atoms with van der Waals surface area (Å²) in [6.45, 7) is 5.93. The number of nitrogens with zero attached hydrogens (tertiary/aromatic N) is 1. The first kappa shape index (κ1) is 15.5. The second-order valence-corrected chi connectivity index (χ2v) is 6.95. The Morgan fingerprint density at radius 1 is 1.29 bits per heavy atom. The number of ether oxygens (including phenoxy) is 1. The van der Waals surface area contributed by atoms with Crippen LogP contribution < -0.4 is 4.74 Å². The highest BCUT2D eigenvalue weighted by Crippen LogP contribution is 2.30. The maximum atomic E-state index is 11.4. The van der Waals surface area contributed by atoms with E-state index in [4.69, 9.17) is 4.74 Å². The molecule has 2 rings (SSSR count). The molecule has 0 fully saturated rings. The lowest BCUT2D eigenvalue weighted by Gasteiger charge is -2.16. The van der Waals surface area contributed by atoms with Crippen LogP contribution in [0.15, 0.2) is 24.3 Å². The van der Waals surface area contributed by atoms with Gasteiger partial charge in [0.2, 0.25) is 0 Å². The van der Waals surface area contributed by atoms with E-state index in [0.717, 1.165) is 16.3 Å². The zero-order chi connectivity index (χ0) is 15.6. The lowest BCUT2D eigenvalue weighted by Crippen LogP contribution is -2.16. The smallest absolute Gasteiger partial charge is 0.347 e. The summed E-state index contributed by atoms with van der Waals surface area (Å²) >= 11 is 1.26. The Balaban J connectivity index is 2.30. The molecular formula is C16H19NO3S. The number of benzene rings is 1. The van der Waals surface area contributed by atoms with Gasteiger partial charge in [0.15, 0.2) is 0 Å². The molecule has 1 aromatic carbocycles. The third kappa shape index (κ3) is 3.61. The molecule has 0 aliphatic rings. The molecule has 4 nitrogen and oxygen atoms in total. The predicted molar refractivity (Wildman–Crippen MR) is 83.6 cm³/mol. The van der Waals surface area contributed by atoms with Crippen molar-refractivity contribution < 1.29 is 14.6 Å². The van der Waals surface area contributed by atoms with E-state index in [1.54, 1.807) is 7.11 Å². The number of aromatic nitrogens is 1. The van der Waals surface area contributed by atoms with E-state index in [9.17, 15) is 9.90 Å². The van der Waals surface area contributed by atoms with Crippen molar-refractivity contribution in [2.75, 3.05) is 7.11 Å². The lowest BCUT2D eigenvalue weighted by atomic mass is 9.91. The van der Waals surface area contributed by atoms with Crippen LogP contribution in [0.5, 0.6) is 5.75 Å². The summed E-state index contributed by atoms with van der Waals surface area (Å²) in [5.41, 5.74) is 1.47.